The minimum atomic E-state index is -6.09. The molecule has 0 radical (unpaired) electrons. The standard InChI is InChI=1S/C18H24OS.CHF3O3S/c1-6-20(7-2)16-12-11-14(18(3,4)5)17-13(16)9-8-10-15(17)19;2-1(3,4)8(5,6)7/h8-12H,6-7H2,1-5H3;(H,5,6,7). The summed E-state index contributed by atoms with van der Waals surface area (Å²) in [7, 11) is -5.82. The first-order chi connectivity index (χ1) is 12.6. The Labute approximate surface area is 166 Å². The number of halogens is 3. The molecule has 0 saturated heterocycles. The highest BCUT2D eigenvalue weighted by molar-refractivity contribution is 7.97. The van der Waals surface area contributed by atoms with Gasteiger partial charge in [-0.15, -0.1) is 0 Å². The van der Waals surface area contributed by atoms with Crippen LogP contribution < -0.4 is 0 Å². The van der Waals surface area contributed by atoms with Gasteiger partial charge in [-0.3, -0.25) is 0 Å². The van der Waals surface area contributed by atoms with E-state index < -0.39 is 15.6 Å². The van der Waals surface area contributed by atoms with Crippen molar-refractivity contribution < 1.29 is 31.2 Å². The summed E-state index contributed by atoms with van der Waals surface area (Å²) in [4.78, 5) is 1.40. The van der Waals surface area contributed by atoms with E-state index in [1.165, 1.54) is 15.8 Å². The van der Waals surface area contributed by atoms with Crippen molar-refractivity contribution in [1.29, 1.82) is 0 Å². The van der Waals surface area contributed by atoms with Gasteiger partial charge in [-0.25, -0.2) is 8.42 Å². The topological polar surface area (TPSA) is 77.4 Å². The molecule has 0 fully saturated rings. The molecule has 0 saturated carbocycles. The minimum Gasteiger partial charge on any atom is -0.741 e. The van der Waals surface area contributed by atoms with Crippen LogP contribution in [0, 0.1) is 0 Å². The molecule has 0 unspecified atom stereocenters. The third kappa shape index (κ3) is 5.78. The van der Waals surface area contributed by atoms with Crippen LogP contribution in [0.15, 0.2) is 35.2 Å². The molecule has 0 aliphatic rings. The molecule has 2 aromatic carbocycles. The van der Waals surface area contributed by atoms with Crippen LogP contribution in [0.1, 0.15) is 40.2 Å². The van der Waals surface area contributed by atoms with Crippen molar-refractivity contribution in [2.24, 2.45) is 0 Å². The van der Waals surface area contributed by atoms with Crippen LogP contribution in [0.4, 0.5) is 13.2 Å². The van der Waals surface area contributed by atoms with Gasteiger partial charge < -0.3 is 9.66 Å². The van der Waals surface area contributed by atoms with Gasteiger partial charge in [-0.2, -0.15) is 13.2 Å². The number of phenols is 1. The van der Waals surface area contributed by atoms with Crippen molar-refractivity contribution in [3.63, 3.8) is 0 Å². The van der Waals surface area contributed by atoms with Gasteiger partial charge in [0.2, 0.25) is 0 Å². The fraction of sp³-hybridized carbons (Fsp3) is 0.474. The second-order valence-electron chi connectivity index (χ2n) is 7.03. The molecule has 9 heteroatoms. The number of benzene rings is 2. The van der Waals surface area contributed by atoms with Crippen LogP contribution >= 0.6 is 0 Å². The van der Waals surface area contributed by atoms with Gasteiger partial charge in [0.05, 0.1) is 0 Å². The fourth-order valence-corrected chi connectivity index (χ4v) is 4.52. The molecule has 2 rings (SSSR count). The lowest BCUT2D eigenvalue weighted by Crippen LogP contribution is -2.21. The highest BCUT2D eigenvalue weighted by atomic mass is 32.2. The monoisotopic (exact) mass is 438 g/mol. The number of alkyl halides is 3. The lowest BCUT2D eigenvalue weighted by Gasteiger charge is -2.22. The number of aromatic hydroxyl groups is 1. The predicted octanol–water partition coefficient (Wildman–Crippen LogP) is 4.91. The first kappa shape index (κ1) is 24.6. The van der Waals surface area contributed by atoms with E-state index in [4.69, 9.17) is 13.0 Å². The molecule has 0 amide bonds. The summed E-state index contributed by atoms with van der Waals surface area (Å²) >= 11 is 0. The molecule has 0 bridgehead atoms. The van der Waals surface area contributed by atoms with E-state index in [-0.39, 0.29) is 16.3 Å². The summed E-state index contributed by atoms with van der Waals surface area (Å²) < 4.78 is 58.9. The normalized spacial score (nSPS) is 12.8. The van der Waals surface area contributed by atoms with Crippen LogP contribution in [-0.4, -0.2) is 35.1 Å². The second-order valence-corrected chi connectivity index (χ2v) is 11.0. The quantitative estimate of drug-likeness (QED) is 0.420. The van der Waals surface area contributed by atoms with Crippen molar-refractivity contribution >= 4 is 31.8 Å². The molecule has 0 aliphatic heterocycles. The first-order valence-electron chi connectivity index (χ1n) is 8.60. The van der Waals surface area contributed by atoms with Gasteiger partial charge in [0.1, 0.15) is 17.3 Å². The zero-order valence-corrected chi connectivity index (χ0v) is 18.1. The highest BCUT2D eigenvalue weighted by Gasteiger charge is 2.37. The van der Waals surface area contributed by atoms with E-state index in [0.29, 0.717) is 5.75 Å². The fourth-order valence-electron chi connectivity index (χ4n) is 2.75. The Morgan fingerprint density at radius 3 is 1.93 bits per heavy atom. The lowest BCUT2D eigenvalue weighted by molar-refractivity contribution is -0.0517. The Balaban J connectivity index is 0.000000416. The molecule has 4 nitrogen and oxygen atoms in total. The van der Waals surface area contributed by atoms with Crippen LogP contribution in [0.2, 0.25) is 0 Å². The molecular weight excluding hydrogens is 413 g/mol. The number of rotatable bonds is 3. The maximum Gasteiger partial charge on any atom is 0.485 e. The molecule has 2 aromatic rings. The minimum absolute atomic E-state index is 0.0344. The molecule has 1 N–H and O–H groups in total. The van der Waals surface area contributed by atoms with Crippen molar-refractivity contribution in [2.45, 2.75) is 50.4 Å². The van der Waals surface area contributed by atoms with E-state index in [2.05, 4.69) is 52.8 Å². The van der Waals surface area contributed by atoms with E-state index in [1.54, 1.807) is 6.07 Å². The van der Waals surface area contributed by atoms with Gasteiger partial charge in [-0.05, 0) is 43.0 Å². The van der Waals surface area contributed by atoms with Crippen molar-refractivity contribution in [1.82, 2.24) is 0 Å². The van der Waals surface area contributed by atoms with Gasteiger partial charge in [0, 0.05) is 21.7 Å². The van der Waals surface area contributed by atoms with Crippen LogP contribution in [0.5, 0.6) is 5.75 Å². The Hall–Kier alpha value is -1.45. The summed E-state index contributed by atoms with van der Waals surface area (Å²) in [6.45, 7) is 11.1. The number of hydrogen-bond donors (Lipinski definition) is 1. The maximum absolute atomic E-state index is 10.7. The highest BCUT2D eigenvalue weighted by Crippen LogP contribution is 2.38. The van der Waals surface area contributed by atoms with Gasteiger partial charge in [-0.1, -0.05) is 32.9 Å². The van der Waals surface area contributed by atoms with E-state index in [0.717, 1.165) is 16.9 Å². The second kappa shape index (κ2) is 8.92. The van der Waals surface area contributed by atoms with E-state index in [1.807, 2.05) is 6.07 Å². The van der Waals surface area contributed by atoms with Crippen LogP contribution in [0.3, 0.4) is 0 Å². The van der Waals surface area contributed by atoms with E-state index in [9.17, 15) is 18.3 Å². The summed E-state index contributed by atoms with van der Waals surface area (Å²) in [5, 5.41) is 12.6. The van der Waals surface area contributed by atoms with Crippen molar-refractivity contribution in [2.75, 3.05) is 11.5 Å². The largest absolute Gasteiger partial charge is 0.741 e. The molecule has 0 atom stereocenters. The van der Waals surface area contributed by atoms with Crippen LogP contribution in [0.25, 0.3) is 10.8 Å². The summed E-state index contributed by atoms with van der Waals surface area (Å²) in [6.07, 6.45) is 0. The lowest BCUT2D eigenvalue weighted by atomic mass is 9.83. The average molecular weight is 439 g/mol. The Kier molecular flexibility index (Phi) is 7.83. The SMILES string of the molecule is CC[S+](CC)c1ccc(C(C)(C)C)c2c(O)cccc12.O=S(=O)([O-])C(F)(F)F. The number of hydrogen-bond acceptors (Lipinski definition) is 4. The van der Waals surface area contributed by atoms with Gasteiger partial charge >= 0.3 is 5.51 Å². The predicted molar refractivity (Wildman–Crippen MR) is 107 cm³/mol. The molecule has 0 spiro atoms. The Bertz CT molecular complexity index is 913. The maximum atomic E-state index is 10.7. The van der Waals surface area contributed by atoms with E-state index >= 15 is 0 Å². The van der Waals surface area contributed by atoms with Crippen molar-refractivity contribution in [3.05, 3.63) is 35.9 Å². The molecule has 0 heterocycles. The molecule has 158 valence electrons. The Morgan fingerprint density at radius 1 is 1.04 bits per heavy atom. The van der Waals surface area contributed by atoms with Gasteiger partial charge in [0.15, 0.2) is 15.0 Å². The third-order valence-electron chi connectivity index (χ3n) is 4.08. The Morgan fingerprint density at radius 2 is 1.54 bits per heavy atom. The summed E-state index contributed by atoms with van der Waals surface area (Å²) in [5.41, 5.74) is -4.38. The zero-order valence-electron chi connectivity index (χ0n) is 16.4. The smallest absolute Gasteiger partial charge is 0.485 e. The molecule has 28 heavy (non-hydrogen) atoms. The summed E-state index contributed by atoms with van der Waals surface area (Å²) in [6, 6.07) is 10.4. The third-order valence-corrected chi connectivity index (χ3v) is 7.02. The van der Waals surface area contributed by atoms with Crippen molar-refractivity contribution in [3.8, 4) is 5.75 Å². The molecule has 0 aromatic heterocycles. The first-order valence-corrected chi connectivity index (χ1v) is 11.6. The molecular formula is C19H25F3O4S2. The summed E-state index contributed by atoms with van der Waals surface area (Å²) in [5.74, 6) is 2.73. The number of fused-ring (bicyclic) bond motifs is 1. The van der Waals surface area contributed by atoms with Crippen LogP contribution in [-0.2, 0) is 26.4 Å². The number of phenolic OH excluding ortho intramolecular Hbond substituents is 1. The zero-order chi connectivity index (χ0) is 21.9. The molecule has 0 aliphatic carbocycles. The van der Waals surface area contributed by atoms with Gasteiger partial charge in [0.25, 0.3) is 0 Å². The average Bonchev–Trinajstić information content (AvgIpc) is 2.54.